The maximum atomic E-state index is 11.1. The number of carbonyl (C=O) groups excluding carboxylic acids is 1. The Morgan fingerprint density at radius 3 is 2.88 bits per heavy atom. The lowest BCUT2D eigenvalue weighted by Gasteiger charge is -2.15. The summed E-state index contributed by atoms with van der Waals surface area (Å²) in [4.78, 5) is 19.0. The second-order valence-electron chi connectivity index (χ2n) is 3.18. The zero-order valence-electron chi connectivity index (χ0n) is 9.03. The number of amides is 1. The smallest absolute Gasteiger partial charge is 0.242 e. The molecular formula is C9H13ClN4O2. The van der Waals surface area contributed by atoms with Crippen LogP contribution in [0, 0.1) is 6.92 Å². The molecule has 1 amide bonds. The van der Waals surface area contributed by atoms with Crippen molar-refractivity contribution in [2.24, 2.45) is 5.73 Å². The van der Waals surface area contributed by atoms with Crippen molar-refractivity contribution in [3.63, 3.8) is 0 Å². The Balaban J connectivity index is 2.80. The summed E-state index contributed by atoms with van der Waals surface area (Å²) in [6, 6.07) is 0.871. The Labute approximate surface area is 98.2 Å². The minimum absolute atomic E-state index is 0.163. The molecule has 3 N–H and O–H groups in total. The number of nitrogens with zero attached hydrogens (tertiary/aromatic N) is 2. The van der Waals surface area contributed by atoms with Gasteiger partial charge in [0.2, 0.25) is 5.91 Å². The molecule has 0 saturated carbocycles. The van der Waals surface area contributed by atoms with E-state index in [2.05, 4.69) is 15.3 Å². The molecule has 0 aliphatic heterocycles. The minimum atomic E-state index is -0.643. The van der Waals surface area contributed by atoms with E-state index >= 15 is 0 Å². The summed E-state index contributed by atoms with van der Waals surface area (Å²) in [5, 5.41) is 3.13. The molecule has 0 aromatic carbocycles. The predicted octanol–water partition coefficient (Wildman–Crippen LogP) is 0.351. The number of nitrogens with two attached hydrogens (primary N) is 1. The monoisotopic (exact) mass is 244 g/mol. The highest BCUT2D eigenvalue weighted by Crippen LogP contribution is 2.12. The molecule has 0 bridgehead atoms. The van der Waals surface area contributed by atoms with Crippen LogP contribution >= 0.6 is 11.6 Å². The first-order valence-corrected chi connectivity index (χ1v) is 4.96. The van der Waals surface area contributed by atoms with E-state index in [0.717, 1.165) is 0 Å². The second-order valence-corrected chi connectivity index (χ2v) is 3.57. The van der Waals surface area contributed by atoms with Gasteiger partial charge in [-0.15, -0.1) is 0 Å². The van der Waals surface area contributed by atoms with Gasteiger partial charge >= 0.3 is 0 Å². The van der Waals surface area contributed by atoms with E-state index in [9.17, 15) is 4.79 Å². The van der Waals surface area contributed by atoms with Gasteiger partial charge in [0.15, 0.2) is 0 Å². The number of aromatic nitrogens is 2. The van der Waals surface area contributed by atoms with Crippen LogP contribution < -0.4 is 11.1 Å². The van der Waals surface area contributed by atoms with Gasteiger partial charge in [0.25, 0.3) is 0 Å². The van der Waals surface area contributed by atoms with E-state index in [1.54, 1.807) is 6.92 Å². The third kappa shape index (κ3) is 3.63. The zero-order chi connectivity index (χ0) is 12.1. The number of carbonyl (C=O) groups is 1. The molecule has 6 nitrogen and oxygen atoms in total. The van der Waals surface area contributed by atoms with Crippen LogP contribution in [0.2, 0.25) is 5.15 Å². The van der Waals surface area contributed by atoms with Crippen LogP contribution in [0.25, 0.3) is 0 Å². The third-order valence-corrected chi connectivity index (χ3v) is 2.00. The number of hydrogen-bond acceptors (Lipinski definition) is 5. The largest absolute Gasteiger partial charge is 0.382 e. The molecule has 0 aliphatic rings. The number of rotatable bonds is 5. The molecule has 0 spiro atoms. The molecule has 1 aromatic rings. The van der Waals surface area contributed by atoms with E-state index in [1.807, 2.05) is 0 Å². The van der Waals surface area contributed by atoms with Crippen LogP contribution in [0.4, 0.5) is 5.82 Å². The number of aryl methyl sites for hydroxylation is 1. The van der Waals surface area contributed by atoms with Crippen LogP contribution in [-0.4, -0.2) is 35.6 Å². The number of hydrogen-bond donors (Lipinski definition) is 2. The average molecular weight is 245 g/mol. The fourth-order valence-corrected chi connectivity index (χ4v) is 1.37. The topological polar surface area (TPSA) is 90.1 Å². The van der Waals surface area contributed by atoms with E-state index in [0.29, 0.717) is 16.8 Å². The lowest BCUT2D eigenvalue weighted by molar-refractivity contribution is -0.119. The second kappa shape index (κ2) is 5.62. The molecule has 1 atom stereocenters. The first kappa shape index (κ1) is 12.7. The Morgan fingerprint density at radius 1 is 1.69 bits per heavy atom. The van der Waals surface area contributed by atoms with Crippen LogP contribution in [0.1, 0.15) is 5.82 Å². The minimum Gasteiger partial charge on any atom is -0.382 e. The molecule has 1 unspecified atom stereocenters. The molecule has 0 radical (unpaired) electrons. The van der Waals surface area contributed by atoms with Crippen molar-refractivity contribution in [3.05, 3.63) is 17.0 Å². The molecular weight excluding hydrogens is 232 g/mol. The fraction of sp³-hybridized carbons (Fsp3) is 0.444. The SMILES string of the molecule is COCC(Nc1cc(Cl)nc(C)n1)C(N)=O. The van der Waals surface area contributed by atoms with Crippen molar-refractivity contribution in [3.8, 4) is 0 Å². The standard InChI is InChI=1S/C9H13ClN4O2/c1-5-12-7(10)3-8(13-5)14-6(4-16-2)9(11)15/h3,6H,4H2,1-2H3,(H2,11,15)(H,12,13,14). The quantitative estimate of drug-likeness (QED) is 0.730. The summed E-state index contributed by atoms with van der Waals surface area (Å²) in [6.45, 7) is 1.86. The number of methoxy groups -OCH3 is 1. The molecule has 1 heterocycles. The van der Waals surface area contributed by atoms with Crippen molar-refractivity contribution in [1.29, 1.82) is 0 Å². The third-order valence-electron chi connectivity index (χ3n) is 1.81. The summed E-state index contributed by atoms with van der Waals surface area (Å²) in [5.74, 6) is 0.434. The highest BCUT2D eigenvalue weighted by Gasteiger charge is 2.15. The summed E-state index contributed by atoms with van der Waals surface area (Å²) in [7, 11) is 1.48. The zero-order valence-corrected chi connectivity index (χ0v) is 9.78. The maximum Gasteiger partial charge on any atom is 0.242 e. The van der Waals surface area contributed by atoms with Gasteiger partial charge in [-0.1, -0.05) is 11.6 Å². The lowest BCUT2D eigenvalue weighted by atomic mass is 10.3. The maximum absolute atomic E-state index is 11.1. The van der Waals surface area contributed by atoms with Crippen LogP contribution in [0.3, 0.4) is 0 Å². The Hall–Kier alpha value is -1.40. The normalized spacial score (nSPS) is 12.2. The fourth-order valence-electron chi connectivity index (χ4n) is 1.15. The number of primary amides is 1. The van der Waals surface area contributed by atoms with E-state index in [1.165, 1.54) is 13.2 Å². The van der Waals surface area contributed by atoms with Gasteiger partial charge < -0.3 is 15.8 Å². The van der Waals surface area contributed by atoms with Crippen molar-refractivity contribution in [2.45, 2.75) is 13.0 Å². The number of halogens is 1. The average Bonchev–Trinajstić information content (AvgIpc) is 2.15. The molecule has 1 aromatic heterocycles. The van der Waals surface area contributed by atoms with Gasteiger partial charge in [0.05, 0.1) is 6.61 Å². The number of ether oxygens (including phenoxy) is 1. The Morgan fingerprint density at radius 2 is 2.38 bits per heavy atom. The van der Waals surface area contributed by atoms with Crippen molar-refractivity contribution in [1.82, 2.24) is 9.97 Å². The van der Waals surface area contributed by atoms with E-state index < -0.39 is 11.9 Å². The highest BCUT2D eigenvalue weighted by molar-refractivity contribution is 6.29. The van der Waals surface area contributed by atoms with Crippen molar-refractivity contribution >= 4 is 23.3 Å². The highest BCUT2D eigenvalue weighted by atomic mass is 35.5. The summed E-state index contributed by atoms with van der Waals surface area (Å²) >= 11 is 5.75. The number of anilines is 1. The molecule has 1 rings (SSSR count). The number of nitrogens with one attached hydrogen (secondary N) is 1. The van der Waals surface area contributed by atoms with Crippen LogP contribution in [0.15, 0.2) is 6.07 Å². The van der Waals surface area contributed by atoms with Gasteiger partial charge in [-0.3, -0.25) is 4.79 Å². The Bertz CT molecular complexity index is 366. The van der Waals surface area contributed by atoms with Gasteiger partial charge in [-0.25, -0.2) is 9.97 Å². The lowest BCUT2D eigenvalue weighted by Crippen LogP contribution is -2.39. The van der Waals surface area contributed by atoms with Gasteiger partial charge in [-0.05, 0) is 6.92 Å². The molecule has 16 heavy (non-hydrogen) atoms. The molecule has 7 heteroatoms. The molecule has 0 fully saturated rings. The Kier molecular flexibility index (Phi) is 4.45. The molecule has 88 valence electrons. The summed E-state index contributed by atoms with van der Waals surface area (Å²) in [5.41, 5.74) is 5.19. The molecule has 0 saturated heterocycles. The molecule has 0 aliphatic carbocycles. The van der Waals surface area contributed by atoms with Gasteiger partial charge in [-0.2, -0.15) is 0 Å². The summed E-state index contributed by atoms with van der Waals surface area (Å²) < 4.78 is 4.86. The van der Waals surface area contributed by atoms with Crippen LogP contribution in [-0.2, 0) is 9.53 Å². The van der Waals surface area contributed by atoms with Crippen LogP contribution in [0.5, 0.6) is 0 Å². The first-order valence-electron chi connectivity index (χ1n) is 4.59. The van der Waals surface area contributed by atoms with Gasteiger partial charge in [0.1, 0.15) is 22.8 Å². The predicted molar refractivity (Wildman–Crippen MR) is 60.3 cm³/mol. The first-order chi connectivity index (χ1) is 7.52. The summed E-state index contributed by atoms with van der Waals surface area (Å²) in [6.07, 6.45) is 0. The van der Waals surface area contributed by atoms with Gasteiger partial charge in [0, 0.05) is 13.2 Å². The van der Waals surface area contributed by atoms with Crippen molar-refractivity contribution in [2.75, 3.05) is 19.0 Å². The van der Waals surface area contributed by atoms with Crippen molar-refractivity contribution < 1.29 is 9.53 Å². The van der Waals surface area contributed by atoms with E-state index in [4.69, 9.17) is 22.1 Å². The van der Waals surface area contributed by atoms with E-state index in [-0.39, 0.29) is 6.61 Å².